The second-order valence-electron chi connectivity index (χ2n) is 6.33. The molecule has 1 unspecified atom stereocenters. The molecule has 10 heteroatoms. The van der Waals surface area contributed by atoms with E-state index in [0.717, 1.165) is 38.5 Å². The van der Waals surface area contributed by atoms with Crippen molar-refractivity contribution < 1.29 is 24.6 Å². The molecular formula is C17H33N5O5. The summed E-state index contributed by atoms with van der Waals surface area (Å²) in [5.41, 5.74) is 10.5. The van der Waals surface area contributed by atoms with E-state index in [0.29, 0.717) is 13.0 Å². The van der Waals surface area contributed by atoms with Crippen LogP contribution in [0, 0.1) is 0 Å². The van der Waals surface area contributed by atoms with Gasteiger partial charge in [0, 0.05) is 26.1 Å². The van der Waals surface area contributed by atoms with E-state index < -0.39 is 18.0 Å². The summed E-state index contributed by atoms with van der Waals surface area (Å²) in [6.45, 7) is 0.655. The van der Waals surface area contributed by atoms with E-state index in [1.165, 1.54) is 0 Å². The van der Waals surface area contributed by atoms with Gasteiger partial charge in [-0.25, -0.2) is 0 Å². The van der Waals surface area contributed by atoms with Gasteiger partial charge in [-0.3, -0.25) is 19.4 Å². The number of aliphatic hydroxyl groups excluding tert-OH is 1. The Morgan fingerprint density at radius 1 is 0.889 bits per heavy atom. The first-order valence-electron chi connectivity index (χ1n) is 9.30. The van der Waals surface area contributed by atoms with Gasteiger partial charge in [-0.2, -0.15) is 0 Å². The van der Waals surface area contributed by atoms with Gasteiger partial charge in [-0.05, 0) is 12.8 Å². The van der Waals surface area contributed by atoms with Crippen LogP contribution in [-0.2, 0) is 14.4 Å². The van der Waals surface area contributed by atoms with Gasteiger partial charge < -0.3 is 32.3 Å². The lowest BCUT2D eigenvalue weighted by Crippen LogP contribution is -2.36. The zero-order valence-corrected chi connectivity index (χ0v) is 15.8. The minimum absolute atomic E-state index is 0.00399. The Morgan fingerprint density at radius 3 is 2.15 bits per heavy atom. The van der Waals surface area contributed by atoms with Crippen molar-refractivity contribution in [3.63, 3.8) is 0 Å². The van der Waals surface area contributed by atoms with Gasteiger partial charge in [0.15, 0.2) is 5.96 Å². The zero-order chi connectivity index (χ0) is 20.5. The smallest absolute Gasteiger partial charge is 0.305 e. The molecule has 156 valence electrons. The van der Waals surface area contributed by atoms with Gasteiger partial charge in [-0.1, -0.05) is 25.7 Å². The highest BCUT2D eigenvalue weighted by atomic mass is 16.4. The van der Waals surface area contributed by atoms with Crippen LogP contribution in [0.25, 0.3) is 0 Å². The molecule has 0 aliphatic rings. The van der Waals surface area contributed by atoms with Gasteiger partial charge in [0.1, 0.15) is 0 Å². The fraction of sp³-hybridized carbons (Fsp3) is 0.765. The number of carboxylic acids is 1. The number of carboxylic acid groups (broad SMARTS) is 1. The summed E-state index contributed by atoms with van der Waals surface area (Å²) in [6.07, 6.45) is 4.84. The molecule has 27 heavy (non-hydrogen) atoms. The lowest BCUT2D eigenvalue weighted by Gasteiger charge is -2.12. The summed E-state index contributed by atoms with van der Waals surface area (Å²) >= 11 is 0. The number of carbonyl (C=O) groups excluding carboxylic acids is 2. The van der Waals surface area contributed by atoms with Crippen molar-refractivity contribution in [3.05, 3.63) is 0 Å². The predicted molar refractivity (Wildman–Crippen MR) is 102 cm³/mol. The van der Waals surface area contributed by atoms with Crippen molar-refractivity contribution in [2.75, 3.05) is 19.6 Å². The fourth-order valence-electron chi connectivity index (χ4n) is 2.30. The van der Waals surface area contributed by atoms with Crippen molar-refractivity contribution in [3.8, 4) is 0 Å². The van der Waals surface area contributed by atoms with E-state index in [2.05, 4.69) is 15.6 Å². The highest BCUT2D eigenvalue weighted by molar-refractivity contribution is 5.78. The van der Waals surface area contributed by atoms with E-state index in [9.17, 15) is 19.5 Å². The molecule has 0 aliphatic carbocycles. The fourth-order valence-corrected chi connectivity index (χ4v) is 2.30. The zero-order valence-electron chi connectivity index (χ0n) is 15.8. The average molecular weight is 387 g/mol. The Bertz CT molecular complexity index is 480. The quantitative estimate of drug-likeness (QED) is 0.117. The Kier molecular flexibility index (Phi) is 14.5. The summed E-state index contributed by atoms with van der Waals surface area (Å²) < 4.78 is 0. The molecule has 0 aliphatic heterocycles. The molecule has 1 atom stereocenters. The largest absolute Gasteiger partial charge is 0.481 e. The molecule has 0 fully saturated rings. The number of rotatable bonds is 16. The number of hydrogen-bond acceptors (Lipinski definition) is 5. The normalized spacial score (nSPS) is 11.4. The van der Waals surface area contributed by atoms with E-state index in [1.54, 1.807) is 0 Å². The Labute approximate surface area is 159 Å². The summed E-state index contributed by atoms with van der Waals surface area (Å²) in [5, 5.41) is 23.2. The van der Waals surface area contributed by atoms with Crippen LogP contribution in [0.1, 0.15) is 57.8 Å². The number of aliphatic imine (C=N–C) groups is 1. The molecular weight excluding hydrogens is 354 g/mol. The van der Waals surface area contributed by atoms with Crippen LogP contribution in [-0.4, -0.2) is 59.7 Å². The van der Waals surface area contributed by atoms with E-state index >= 15 is 0 Å². The molecule has 2 amide bonds. The minimum atomic E-state index is -1.01. The highest BCUT2D eigenvalue weighted by Gasteiger charge is 2.12. The monoisotopic (exact) mass is 387 g/mol. The van der Waals surface area contributed by atoms with E-state index in [1.807, 2.05) is 0 Å². The second-order valence-corrected chi connectivity index (χ2v) is 6.33. The number of nitrogens with zero attached hydrogens (tertiary/aromatic N) is 1. The number of aliphatic carboxylic acids is 1. The minimum Gasteiger partial charge on any atom is -0.481 e. The van der Waals surface area contributed by atoms with Crippen molar-refractivity contribution >= 4 is 23.7 Å². The SMILES string of the molecule is NC(N)=NCCCCCCCCC(=O)NCC(O)CC(=O)NCCC(=O)O. The number of aliphatic hydroxyl groups is 1. The second kappa shape index (κ2) is 15.9. The van der Waals surface area contributed by atoms with Crippen molar-refractivity contribution in [2.24, 2.45) is 16.5 Å². The van der Waals surface area contributed by atoms with Gasteiger partial charge in [0.2, 0.25) is 11.8 Å². The number of unbranched alkanes of at least 4 members (excludes halogenated alkanes) is 5. The van der Waals surface area contributed by atoms with Crippen LogP contribution in [0.15, 0.2) is 4.99 Å². The molecule has 0 spiro atoms. The van der Waals surface area contributed by atoms with Crippen LogP contribution in [0.3, 0.4) is 0 Å². The van der Waals surface area contributed by atoms with Crippen molar-refractivity contribution in [2.45, 2.75) is 63.9 Å². The Morgan fingerprint density at radius 2 is 1.52 bits per heavy atom. The summed E-state index contributed by atoms with van der Waals surface area (Å²) in [6, 6.07) is 0. The van der Waals surface area contributed by atoms with E-state index in [4.69, 9.17) is 16.6 Å². The number of hydrogen-bond donors (Lipinski definition) is 6. The van der Waals surface area contributed by atoms with Gasteiger partial charge >= 0.3 is 5.97 Å². The molecule has 0 aromatic rings. The van der Waals surface area contributed by atoms with Crippen molar-refractivity contribution in [1.82, 2.24) is 10.6 Å². The maximum Gasteiger partial charge on any atom is 0.305 e. The number of guanidine groups is 1. The van der Waals surface area contributed by atoms with Gasteiger partial charge in [-0.15, -0.1) is 0 Å². The highest BCUT2D eigenvalue weighted by Crippen LogP contribution is 2.07. The van der Waals surface area contributed by atoms with Crippen LogP contribution in [0.4, 0.5) is 0 Å². The third-order valence-corrected chi connectivity index (χ3v) is 3.72. The van der Waals surface area contributed by atoms with Gasteiger partial charge in [0.25, 0.3) is 0 Å². The number of nitrogens with two attached hydrogens (primary N) is 2. The molecule has 0 rings (SSSR count). The first kappa shape index (κ1) is 24.6. The molecule has 0 radical (unpaired) electrons. The standard InChI is InChI=1S/C17H33N5O5/c18-17(19)21-9-6-4-2-1-3-5-7-14(24)22-12-13(23)11-15(25)20-10-8-16(26)27/h13,23H,1-12H2,(H,20,25)(H,22,24)(H,26,27)(H4,18,19,21). The third-order valence-electron chi connectivity index (χ3n) is 3.72. The molecule has 0 bridgehead atoms. The number of carbonyl (C=O) groups is 3. The van der Waals surface area contributed by atoms with Crippen LogP contribution in [0.2, 0.25) is 0 Å². The van der Waals surface area contributed by atoms with Crippen LogP contribution < -0.4 is 22.1 Å². The number of amides is 2. The topological polar surface area (TPSA) is 180 Å². The third kappa shape index (κ3) is 18.2. The number of nitrogens with one attached hydrogen (secondary N) is 2. The summed E-state index contributed by atoms with van der Waals surface area (Å²) in [5.74, 6) is -1.50. The first-order chi connectivity index (χ1) is 12.8. The molecule has 0 heterocycles. The predicted octanol–water partition coefficient (Wildman–Crippen LogP) is -0.551. The average Bonchev–Trinajstić information content (AvgIpc) is 2.57. The lowest BCUT2D eigenvalue weighted by molar-refractivity contribution is -0.137. The van der Waals surface area contributed by atoms with E-state index in [-0.39, 0.29) is 37.8 Å². The Hall–Kier alpha value is -2.36. The Balaban J connectivity index is 3.55. The summed E-state index contributed by atoms with van der Waals surface area (Å²) in [7, 11) is 0. The lowest BCUT2D eigenvalue weighted by atomic mass is 10.1. The molecule has 10 nitrogen and oxygen atoms in total. The van der Waals surface area contributed by atoms with Gasteiger partial charge in [0.05, 0.1) is 18.9 Å². The summed E-state index contributed by atoms with van der Waals surface area (Å²) in [4.78, 5) is 37.4. The van der Waals surface area contributed by atoms with Crippen LogP contribution >= 0.6 is 0 Å². The molecule has 8 N–H and O–H groups in total. The molecule has 0 aromatic carbocycles. The maximum absolute atomic E-state index is 11.7. The van der Waals surface area contributed by atoms with Crippen molar-refractivity contribution in [1.29, 1.82) is 0 Å². The van der Waals surface area contributed by atoms with Crippen LogP contribution in [0.5, 0.6) is 0 Å². The maximum atomic E-state index is 11.7. The first-order valence-corrected chi connectivity index (χ1v) is 9.30. The molecule has 0 aromatic heterocycles. The molecule has 0 saturated carbocycles. The molecule has 0 saturated heterocycles.